The Morgan fingerprint density at radius 1 is 1.31 bits per heavy atom. The van der Waals surface area contributed by atoms with E-state index in [1.54, 1.807) is 0 Å². The minimum Gasteiger partial charge on any atom is -0.469 e. The molecule has 2 atom stereocenters. The van der Waals surface area contributed by atoms with Gasteiger partial charge in [0.2, 0.25) is 0 Å². The molecule has 0 amide bonds. The lowest BCUT2D eigenvalue weighted by atomic mass is 9.87. The molecule has 0 aromatic rings. The lowest BCUT2D eigenvalue weighted by molar-refractivity contribution is -0.138. The molecule has 2 aliphatic rings. The summed E-state index contributed by atoms with van der Waals surface area (Å²) in [6.07, 6.45) is 5.55. The molecule has 0 spiro atoms. The van der Waals surface area contributed by atoms with Gasteiger partial charge in [0.1, 0.15) is 5.78 Å². The third kappa shape index (κ3) is 3.17. The van der Waals surface area contributed by atoms with E-state index in [1.165, 1.54) is 14.0 Å². The second-order valence-electron chi connectivity index (χ2n) is 4.88. The Kier molecular flexibility index (Phi) is 3.53. The van der Waals surface area contributed by atoms with Crippen molar-refractivity contribution in [2.75, 3.05) is 7.11 Å². The molecule has 0 unspecified atom stereocenters. The van der Waals surface area contributed by atoms with Crippen LogP contribution < -0.4 is 5.32 Å². The van der Waals surface area contributed by atoms with Crippen molar-refractivity contribution in [1.29, 1.82) is 0 Å². The number of esters is 1. The van der Waals surface area contributed by atoms with Gasteiger partial charge in [-0.15, -0.1) is 0 Å². The van der Waals surface area contributed by atoms with Crippen molar-refractivity contribution in [3.63, 3.8) is 0 Å². The van der Waals surface area contributed by atoms with Gasteiger partial charge in [-0.25, -0.2) is 0 Å². The quantitative estimate of drug-likeness (QED) is 0.497. The summed E-state index contributed by atoms with van der Waals surface area (Å²) in [6, 6.07) is 0. The van der Waals surface area contributed by atoms with Gasteiger partial charge in [0.05, 0.1) is 7.11 Å². The third-order valence-corrected chi connectivity index (χ3v) is 2.81. The van der Waals surface area contributed by atoms with E-state index in [4.69, 9.17) is 0 Å². The molecule has 0 saturated carbocycles. The highest BCUT2D eigenvalue weighted by molar-refractivity contribution is 5.83. The first-order chi connectivity index (χ1) is 7.29. The van der Waals surface area contributed by atoms with Gasteiger partial charge in [-0.1, -0.05) is 12.2 Å². The standard InChI is InChI=1S/C9H13NO.C3H6O2/c1-8-3-4-9(2,10-8)6-7(11)5-8;1-3(4)5-2/h3-4,10H,5-6H2,1-2H3;1-2H3/t8-,9+;. The molecule has 0 aromatic carbocycles. The van der Waals surface area contributed by atoms with Crippen LogP contribution in [0.25, 0.3) is 0 Å². The number of nitrogens with one attached hydrogen (secondary N) is 1. The number of fused-ring (bicyclic) bond motifs is 2. The number of hydrogen-bond acceptors (Lipinski definition) is 4. The zero-order valence-corrected chi connectivity index (χ0v) is 10.3. The Hall–Kier alpha value is -1.16. The second-order valence-corrected chi connectivity index (χ2v) is 4.88. The summed E-state index contributed by atoms with van der Waals surface area (Å²) >= 11 is 0. The SMILES string of the molecule is COC(C)=O.C[C@]12C=C[C@](C)(CC(=O)C1)N2. The number of ketones is 1. The fourth-order valence-corrected chi connectivity index (χ4v) is 2.19. The van der Waals surface area contributed by atoms with Crippen molar-refractivity contribution in [2.24, 2.45) is 0 Å². The molecule has 1 fully saturated rings. The molecule has 16 heavy (non-hydrogen) atoms. The number of Topliss-reactive ketones (excluding diaryl/α,β-unsaturated/α-hetero) is 1. The summed E-state index contributed by atoms with van der Waals surface area (Å²) in [5.41, 5.74) is -0.103. The van der Waals surface area contributed by atoms with Crippen LogP contribution in [0.1, 0.15) is 33.6 Å². The molecular formula is C12H19NO3. The third-order valence-electron chi connectivity index (χ3n) is 2.81. The summed E-state index contributed by atoms with van der Waals surface area (Å²) in [5, 5.41) is 3.44. The number of carbonyl (C=O) groups is 2. The molecule has 0 aromatic heterocycles. The number of carbonyl (C=O) groups excluding carboxylic acids is 2. The molecule has 2 rings (SSSR count). The largest absolute Gasteiger partial charge is 0.469 e. The first-order valence-electron chi connectivity index (χ1n) is 5.35. The maximum atomic E-state index is 11.3. The van der Waals surface area contributed by atoms with Crippen molar-refractivity contribution >= 4 is 11.8 Å². The van der Waals surface area contributed by atoms with Crippen LogP contribution in [-0.4, -0.2) is 29.9 Å². The summed E-state index contributed by atoms with van der Waals surface area (Å²) < 4.78 is 4.11. The van der Waals surface area contributed by atoms with Crippen molar-refractivity contribution in [3.05, 3.63) is 12.2 Å². The van der Waals surface area contributed by atoms with Gasteiger partial charge in [-0.2, -0.15) is 0 Å². The Balaban J connectivity index is 0.000000221. The maximum Gasteiger partial charge on any atom is 0.302 e. The molecular weight excluding hydrogens is 206 g/mol. The molecule has 1 N–H and O–H groups in total. The maximum absolute atomic E-state index is 11.3. The van der Waals surface area contributed by atoms with Gasteiger partial charge in [0.25, 0.3) is 0 Å². The first kappa shape index (κ1) is 12.9. The predicted molar refractivity (Wildman–Crippen MR) is 61.0 cm³/mol. The molecule has 2 aliphatic heterocycles. The Bertz CT molecular complexity index is 315. The fourth-order valence-electron chi connectivity index (χ4n) is 2.19. The molecule has 0 radical (unpaired) electrons. The molecule has 4 heteroatoms. The average Bonchev–Trinajstić information content (AvgIpc) is 2.36. The smallest absolute Gasteiger partial charge is 0.302 e. The highest BCUT2D eigenvalue weighted by Gasteiger charge is 2.43. The number of methoxy groups -OCH3 is 1. The molecule has 1 saturated heterocycles. The van der Waals surface area contributed by atoms with E-state index in [1.807, 2.05) is 0 Å². The minimum absolute atomic E-state index is 0.0515. The highest BCUT2D eigenvalue weighted by Crippen LogP contribution is 2.34. The molecule has 2 bridgehead atoms. The van der Waals surface area contributed by atoms with Gasteiger partial charge in [0.15, 0.2) is 0 Å². The van der Waals surface area contributed by atoms with Crippen LogP contribution in [0.15, 0.2) is 12.2 Å². The van der Waals surface area contributed by atoms with Crippen molar-refractivity contribution in [2.45, 2.75) is 44.7 Å². The Labute approximate surface area is 96.0 Å². The fraction of sp³-hybridized carbons (Fsp3) is 0.667. The molecule has 90 valence electrons. The second kappa shape index (κ2) is 4.37. The van der Waals surface area contributed by atoms with E-state index in [0.29, 0.717) is 18.6 Å². The highest BCUT2D eigenvalue weighted by atomic mass is 16.5. The van der Waals surface area contributed by atoms with Gasteiger partial charge in [0, 0.05) is 30.8 Å². The van der Waals surface area contributed by atoms with Crippen LogP contribution in [0.4, 0.5) is 0 Å². The Morgan fingerprint density at radius 3 is 2.00 bits per heavy atom. The predicted octanol–water partition coefficient (Wildman–Crippen LogP) is 1.21. The summed E-state index contributed by atoms with van der Waals surface area (Å²) in [7, 11) is 1.35. The minimum atomic E-state index is -0.245. The van der Waals surface area contributed by atoms with Crippen LogP contribution in [0.3, 0.4) is 0 Å². The van der Waals surface area contributed by atoms with E-state index < -0.39 is 0 Å². The normalized spacial score (nSPS) is 35.4. The van der Waals surface area contributed by atoms with Crippen molar-refractivity contribution in [3.8, 4) is 0 Å². The van der Waals surface area contributed by atoms with Gasteiger partial charge < -0.3 is 4.74 Å². The summed E-state index contributed by atoms with van der Waals surface area (Å²) in [4.78, 5) is 20.8. The lowest BCUT2D eigenvalue weighted by Gasteiger charge is -2.36. The van der Waals surface area contributed by atoms with E-state index in [-0.39, 0.29) is 17.0 Å². The first-order valence-corrected chi connectivity index (χ1v) is 5.35. The number of rotatable bonds is 0. The van der Waals surface area contributed by atoms with Crippen molar-refractivity contribution < 1.29 is 14.3 Å². The van der Waals surface area contributed by atoms with Gasteiger partial charge >= 0.3 is 5.97 Å². The van der Waals surface area contributed by atoms with Crippen LogP contribution in [0, 0.1) is 0 Å². The molecule has 2 heterocycles. The number of piperidine rings is 1. The van der Waals surface area contributed by atoms with E-state index >= 15 is 0 Å². The van der Waals surface area contributed by atoms with Crippen LogP contribution >= 0.6 is 0 Å². The number of ether oxygens (including phenoxy) is 1. The molecule has 0 aliphatic carbocycles. The van der Waals surface area contributed by atoms with E-state index in [2.05, 4.69) is 36.1 Å². The zero-order chi connectivity index (χ0) is 12.4. The summed E-state index contributed by atoms with van der Waals surface area (Å²) in [6.45, 7) is 5.51. The number of hydrogen-bond donors (Lipinski definition) is 1. The van der Waals surface area contributed by atoms with E-state index in [0.717, 1.165) is 0 Å². The zero-order valence-electron chi connectivity index (χ0n) is 10.3. The van der Waals surface area contributed by atoms with Gasteiger partial charge in [-0.05, 0) is 13.8 Å². The van der Waals surface area contributed by atoms with Crippen LogP contribution in [-0.2, 0) is 14.3 Å². The van der Waals surface area contributed by atoms with Gasteiger partial charge in [-0.3, -0.25) is 14.9 Å². The topological polar surface area (TPSA) is 55.4 Å². The van der Waals surface area contributed by atoms with Crippen LogP contribution in [0.2, 0.25) is 0 Å². The summed E-state index contributed by atoms with van der Waals surface area (Å²) in [5.74, 6) is 0.128. The molecule has 4 nitrogen and oxygen atoms in total. The van der Waals surface area contributed by atoms with E-state index in [9.17, 15) is 9.59 Å². The van der Waals surface area contributed by atoms with Crippen molar-refractivity contribution in [1.82, 2.24) is 5.32 Å². The Morgan fingerprint density at radius 2 is 1.69 bits per heavy atom. The van der Waals surface area contributed by atoms with Crippen LogP contribution in [0.5, 0.6) is 0 Å². The lowest BCUT2D eigenvalue weighted by Crippen LogP contribution is -2.54. The average molecular weight is 225 g/mol. The monoisotopic (exact) mass is 225 g/mol.